The number of nitrogens with zero attached hydrogens (tertiary/aromatic N) is 1. The third-order valence-electron chi connectivity index (χ3n) is 3.99. The maximum atomic E-state index is 13.0. The Morgan fingerprint density at radius 2 is 1.79 bits per heavy atom. The Kier molecular flexibility index (Phi) is 5.10. The Balaban J connectivity index is 1.47. The molecule has 4 nitrogen and oxygen atoms in total. The lowest BCUT2D eigenvalue weighted by molar-refractivity contribution is 0.0977. The predicted octanol–water partition coefficient (Wildman–Crippen LogP) is 5.23. The first kappa shape index (κ1) is 18.2. The summed E-state index contributed by atoms with van der Waals surface area (Å²) in [6.45, 7) is 0. The number of thiazole rings is 1. The molecular formula is C21H14FN3OS2. The molecule has 4 aromatic rings. The second-order valence-electron chi connectivity index (χ2n) is 5.98. The molecule has 0 saturated carbocycles. The number of benzene rings is 3. The van der Waals surface area contributed by atoms with Crippen LogP contribution in [0.1, 0.15) is 10.4 Å². The standard InChI is InChI=1S/C21H14FN3OS2/c22-15-10-8-13(9-11-15)19(26)25-21(27)23-16-5-3-4-14(12-16)20-24-17-6-1-2-7-18(17)28-20/h1-12H,(H2,23,25,26,27). The van der Waals surface area contributed by atoms with Gasteiger partial charge in [-0.05, 0) is 60.7 Å². The number of hydrogen-bond donors (Lipinski definition) is 2. The maximum absolute atomic E-state index is 13.0. The molecule has 4 rings (SSSR count). The van der Waals surface area contributed by atoms with E-state index in [0.29, 0.717) is 5.56 Å². The van der Waals surface area contributed by atoms with Crippen LogP contribution in [0.3, 0.4) is 0 Å². The Morgan fingerprint density at radius 1 is 1.00 bits per heavy atom. The SMILES string of the molecule is O=C(NC(=S)Nc1cccc(-c2nc3ccccc3s2)c1)c1ccc(F)cc1. The van der Waals surface area contributed by atoms with E-state index in [1.165, 1.54) is 24.3 Å². The number of halogens is 1. The average Bonchev–Trinajstić information content (AvgIpc) is 3.13. The van der Waals surface area contributed by atoms with Crippen molar-refractivity contribution >= 4 is 50.5 Å². The van der Waals surface area contributed by atoms with E-state index in [9.17, 15) is 9.18 Å². The summed E-state index contributed by atoms with van der Waals surface area (Å²) in [5.74, 6) is -0.802. The van der Waals surface area contributed by atoms with Crippen LogP contribution >= 0.6 is 23.6 Å². The Hall–Kier alpha value is -3.16. The highest BCUT2D eigenvalue weighted by atomic mass is 32.1. The molecule has 0 saturated heterocycles. The minimum atomic E-state index is -0.403. The van der Waals surface area contributed by atoms with Gasteiger partial charge in [0.15, 0.2) is 5.11 Å². The third kappa shape index (κ3) is 4.05. The number of thiocarbonyl (C=S) groups is 1. The van der Waals surface area contributed by atoms with Crippen molar-refractivity contribution in [1.82, 2.24) is 10.3 Å². The van der Waals surface area contributed by atoms with Crippen LogP contribution < -0.4 is 10.6 Å². The number of amides is 1. The van der Waals surface area contributed by atoms with Crippen LogP contribution in [0.15, 0.2) is 72.8 Å². The summed E-state index contributed by atoms with van der Waals surface area (Å²) in [4.78, 5) is 16.8. The summed E-state index contributed by atoms with van der Waals surface area (Å²) in [5, 5.41) is 6.66. The number of rotatable bonds is 3. The normalized spacial score (nSPS) is 10.6. The van der Waals surface area contributed by atoms with Crippen molar-refractivity contribution in [2.24, 2.45) is 0 Å². The van der Waals surface area contributed by atoms with Gasteiger partial charge in [-0.1, -0.05) is 24.3 Å². The van der Waals surface area contributed by atoms with Crippen molar-refractivity contribution in [2.45, 2.75) is 0 Å². The molecule has 1 heterocycles. The number of para-hydroxylation sites is 1. The van der Waals surface area contributed by atoms with E-state index in [2.05, 4.69) is 15.6 Å². The molecule has 28 heavy (non-hydrogen) atoms. The molecule has 0 atom stereocenters. The molecule has 0 aliphatic carbocycles. The summed E-state index contributed by atoms with van der Waals surface area (Å²) < 4.78 is 14.1. The van der Waals surface area contributed by atoms with Gasteiger partial charge in [-0.25, -0.2) is 9.37 Å². The molecular weight excluding hydrogens is 393 g/mol. The minimum Gasteiger partial charge on any atom is -0.332 e. The van der Waals surface area contributed by atoms with E-state index < -0.39 is 11.7 Å². The molecule has 1 aromatic heterocycles. The molecule has 0 spiro atoms. The van der Waals surface area contributed by atoms with Crippen LogP contribution in [0.25, 0.3) is 20.8 Å². The quantitative estimate of drug-likeness (QED) is 0.457. The van der Waals surface area contributed by atoms with Crippen LogP contribution in [0.4, 0.5) is 10.1 Å². The first-order valence-corrected chi connectivity index (χ1v) is 9.65. The highest BCUT2D eigenvalue weighted by Crippen LogP contribution is 2.31. The molecule has 0 unspecified atom stereocenters. The van der Waals surface area contributed by atoms with E-state index in [1.807, 2.05) is 48.5 Å². The van der Waals surface area contributed by atoms with Crippen molar-refractivity contribution in [3.05, 3.63) is 84.2 Å². The van der Waals surface area contributed by atoms with Gasteiger partial charge in [-0.2, -0.15) is 0 Å². The predicted molar refractivity (Wildman–Crippen MR) is 115 cm³/mol. The minimum absolute atomic E-state index is 0.163. The van der Waals surface area contributed by atoms with Gasteiger partial charge in [-0.3, -0.25) is 10.1 Å². The summed E-state index contributed by atoms with van der Waals surface area (Å²) in [6.07, 6.45) is 0. The summed E-state index contributed by atoms with van der Waals surface area (Å²) in [7, 11) is 0. The third-order valence-corrected chi connectivity index (χ3v) is 5.28. The van der Waals surface area contributed by atoms with E-state index in [0.717, 1.165) is 26.5 Å². The monoisotopic (exact) mass is 407 g/mol. The van der Waals surface area contributed by atoms with Crippen LogP contribution in [-0.4, -0.2) is 16.0 Å². The number of carbonyl (C=O) groups is 1. The summed E-state index contributed by atoms with van der Waals surface area (Å²) >= 11 is 6.84. The fourth-order valence-electron chi connectivity index (χ4n) is 2.66. The lowest BCUT2D eigenvalue weighted by Gasteiger charge is -2.10. The van der Waals surface area contributed by atoms with E-state index in [4.69, 9.17) is 12.2 Å². The average molecular weight is 407 g/mol. The van der Waals surface area contributed by atoms with Gasteiger partial charge in [0, 0.05) is 16.8 Å². The number of anilines is 1. The summed E-state index contributed by atoms with van der Waals surface area (Å²) in [5.41, 5.74) is 2.98. The molecule has 0 bridgehead atoms. The fraction of sp³-hybridized carbons (Fsp3) is 0. The van der Waals surface area contributed by atoms with Gasteiger partial charge < -0.3 is 5.32 Å². The number of aromatic nitrogens is 1. The van der Waals surface area contributed by atoms with Gasteiger partial charge in [0.25, 0.3) is 5.91 Å². The van der Waals surface area contributed by atoms with Gasteiger partial charge in [0.05, 0.1) is 10.2 Å². The smallest absolute Gasteiger partial charge is 0.257 e. The lowest BCUT2D eigenvalue weighted by atomic mass is 10.2. The Labute approximate surface area is 170 Å². The molecule has 138 valence electrons. The molecule has 0 fully saturated rings. The Bertz CT molecular complexity index is 1140. The van der Waals surface area contributed by atoms with Gasteiger partial charge >= 0.3 is 0 Å². The van der Waals surface area contributed by atoms with Crippen molar-refractivity contribution in [1.29, 1.82) is 0 Å². The van der Waals surface area contributed by atoms with Crippen LogP contribution in [0.5, 0.6) is 0 Å². The fourth-order valence-corrected chi connectivity index (χ4v) is 3.84. The van der Waals surface area contributed by atoms with Gasteiger partial charge in [-0.15, -0.1) is 11.3 Å². The molecule has 3 aromatic carbocycles. The van der Waals surface area contributed by atoms with Crippen molar-refractivity contribution in [2.75, 3.05) is 5.32 Å². The van der Waals surface area contributed by atoms with Gasteiger partial charge in [0.1, 0.15) is 10.8 Å². The largest absolute Gasteiger partial charge is 0.332 e. The molecule has 0 radical (unpaired) electrons. The zero-order chi connectivity index (χ0) is 19.5. The molecule has 2 N–H and O–H groups in total. The first-order valence-electron chi connectivity index (χ1n) is 8.42. The number of hydrogen-bond acceptors (Lipinski definition) is 4. The zero-order valence-corrected chi connectivity index (χ0v) is 16.1. The van der Waals surface area contributed by atoms with E-state index in [1.54, 1.807) is 11.3 Å². The van der Waals surface area contributed by atoms with E-state index >= 15 is 0 Å². The number of carbonyl (C=O) groups excluding carboxylic acids is 1. The van der Waals surface area contributed by atoms with E-state index in [-0.39, 0.29) is 5.11 Å². The van der Waals surface area contributed by atoms with Crippen LogP contribution in [-0.2, 0) is 0 Å². The molecule has 1 amide bonds. The number of nitrogens with one attached hydrogen (secondary N) is 2. The second kappa shape index (κ2) is 7.84. The van der Waals surface area contributed by atoms with Gasteiger partial charge in [0.2, 0.25) is 0 Å². The van der Waals surface area contributed by atoms with Crippen LogP contribution in [0, 0.1) is 5.82 Å². The van der Waals surface area contributed by atoms with Crippen molar-refractivity contribution in [3.8, 4) is 10.6 Å². The topological polar surface area (TPSA) is 54.0 Å². The zero-order valence-electron chi connectivity index (χ0n) is 14.5. The lowest BCUT2D eigenvalue weighted by Crippen LogP contribution is -2.34. The Morgan fingerprint density at radius 3 is 2.57 bits per heavy atom. The highest BCUT2D eigenvalue weighted by molar-refractivity contribution is 7.80. The maximum Gasteiger partial charge on any atom is 0.257 e. The molecule has 0 aliphatic heterocycles. The number of fused-ring (bicyclic) bond motifs is 1. The first-order chi connectivity index (χ1) is 13.6. The second-order valence-corrected chi connectivity index (χ2v) is 7.42. The van der Waals surface area contributed by atoms with Crippen molar-refractivity contribution < 1.29 is 9.18 Å². The highest BCUT2D eigenvalue weighted by Gasteiger charge is 2.10. The summed E-state index contributed by atoms with van der Waals surface area (Å²) in [6, 6.07) is 20.9. The van der Waals surface area contributed by atoms with Crippen molar-refractivity contribution in [3.63, 3.8) is 0 Å². The molecule has 7 heteroatoms. The van der Waals surface area contributed by atoms with Crippen LogP contribution in [0.2, 0.25) is 0 Å². The molecule has 0 aliphatic rings.